The van der Waals surface area contributed by atoms with Crippen LogP contribution in [0.1, 0.15) is 38.5 Å². The summed E-state index contributed by atoms with van der Waals surface area (Å²) >= 11 is 0. The quantitative estimate of drug-likeness (QED) is 0.347. The van der Waals surface area contributed by atoms with Crippen LogP contribution in [-0.4, -0.2) is 18.4 Å². The molecule has 0 bridgehead atoms. The highest BCUT2D eigenvalue weighted by molar-refractivity contribution is 6.04. The lowest BCUT2D eigenvalue weighted by Gasteiger charge is -2.33. The fourth-order valence-corrected chi connectivity index (χ4v) is 2.37. The van der Waals surface area contributed by atoms with Gasteiger partial charge in [0, 0.05) is 6.42 Å². The molecule has 1 atom stereocenters. The second-order valence-electron chi connectivity index (χ2n) is 4.31. The van der Waals surface area contributed by atoms with Gasteiger partial charge in [0.05, 0.1) is 6.61 Å². The van der Waals surface area contributed by atoms with Gasteiger partial charge in [0.1, 0.15) is 11.2 Å². The van der Waals surface area contributed by atoms with Gasteiger partial charge in [-0.1, -0.05) is 18.6 Å². The number of ether oxygens (including phenoxy) is 1. The molecule has 0 aromatic rings. The first kappa shape index (κ1) is 10.4. The van der Waals surface area contributed by atoms with E-state index >= 15 is 0 Å². The summed E-state index contributed by atoms with van der Waals surface area (Å²) in [5.74, 6) is -0.221. The van der Waals surface area contributed by atoms with Gasteiger partial charge < -0.3 is 4.74 Å². The fourth-order valence-electron chi connectivity index (χ4n) is 2.37. The summed E-state index contributed by atoms with van der Waals surface area (Å²) in [4.78, 5) is 23.8. The Balaban J connectivity index is 2.27. The Labute approximate surface area is 89.5 Å². The van der Waals surface area contributed by atoms with Gasteiger partial charge >= 0.3 is 5.97 Å². The normalized spacial score (nSPS) is 34.4. The van der Waals surface area contributed by atoms with Crippen molar-refractivity contribution in [3.8, 4) is 0 Å². The molecule has 0 amide bonds. The number of Topliss-reactive ketones (excluding diaryl/α,β-unsaturated/α-hetero) is 1. The number of rotatable bonds is 0. The van der Waals surface area contributed by atoms with E-state index in [0.717, 1.165) is 19.3 Å². The molecule has 0 aromatic carbocycles. The number of cyclic esters (lactones) is 1. The molecule has 3 heteroatoms. The molecule has 1 aliphatic heterocycles. The summed E-state index contributed by atoms with van der Waals surface area (Å²) in [5.41, 5.74) is -0.838. The number of carbonyl (C=O) groups excluding carboxylic acids is 2. The molecular formula is C12H16O3. The minimum Gasteiger partial charge on any atom is -0.465 e. The van der Waals surface area contributed by atoms with Crippen LogP contribution < -0.4 is 0 Å². The summed E-state index contributed by atoms with van der Waals surface area (Å²) in [7, 11) is 0. The Morgan fingerprint density at radius 1 is 1.20 bits per heavy atom. The average Bonchev–Trinajstić information content (AvgIpc) is 2.23. The van der Waals surface area contributed by atoms with Crippen molar-refractivity contribution in [2.45, 2.75) is 38.5 Å². The van der Waals surface area contributed by atoms with E-state index < -0.39 is 5.41 Å². The van der Waals surface area contributed by atoms with Gasteiger partial charge in [-0.25, -0.2) is 0 Å². The second-order valence-corrected chi connectivity index (χ2v) is 4.31. The molecule has 0 saturated heterocycles. The molecular weight excluding hydrogens is 192 g/mol. The Hall–Kier alpha value is -1.12. The number of hydrogen-bond acceptors (Lipinski definition) is 3. The number of esters is 1. The maximum Gasteiger partial charge on any atom is 0.319 e. The van der Waals surface area contributed by atoms with Crippen molar-refractivity contribution in [3.63, 3.8) is 0 Å². The molecule has 1 spiro atoms. The predicted molar refractivity (Wildman–Crippen MR) is 55.2 cm³/mol. The number of allylic oxidation sites excluding steroid dienone is 1. The maximum absolute atomic E-state index is 11.9. The third-order valence-electron chi connectivity index (χ3n) is 3.33. The zero-order chi connectivity index (χ0) is 10.7. The molecule has 1 saturated carbocycles. The molecule has 2 rings (SSSR count). The van der Waals surface area contributed by atoms with Crippen molar-refractivity contribution < 1.29 is 14.3 Å². The summed E-state index contributed by atoms with van der Waals surface area (Å²) in [6.45, 7) is 0.407. The largest absolute Gasteiger partial charge is 0.465 e. The van der Waals surface area contributed by atoms with Crippen LogP contribution in [0.15, 0.2) is 12.2 Å². The smallest absolute Gasteiger partial charge is 0.319 e. The van der Waals surface area contributed by atoms with E-state index in [1.807, 2.05) is 12.2 Å². The molecule has 0 radical (unpaired) electrons. The maximum atomic E-state index is 11.9. The van der Waals surface area contributed by atoms with Crippen LogP contribution in [0.4, 0.5) is 0 Å². The van der Waals surface area contributed by atoms with Gasteiger partial charge in [-0.2, -0.15) is 0 Å². The van der Waals surface area contributed by atoms with E-state index in [0.29, 0.717) is 25.9 Å². The lowest BCUT2D eigenvalue weighted by molar-refractivity contribution is -0.162. The number of hydrogen-bond donors (Lipinski definition) is 0. The van der Waals surface area contributed by atoms with Crippen molar-refractivity contribution in [1.82, 2.24) is 0 Å². The predicted octanol–water partition coefficient (Wildman–Crippen LogP) is 2.01. The van der Waals surface area contributed by atoms with E-state index in [-0.39, 0.29) is 11.8 Å². The van der Waals surface area contributed by atoms with Crippen LogP contribution >= 0.6 is 0 Å². The van der Waals surface area contributed by atoms with Crippen LogP contribution in [0.2, 0.25) is 0 Å². The summed E-state index contributed by atoms with van der Waals surface area (Å²) in [6.07, 6.45) is 8.31. The zero-order valence-electron chi connectivity index (χ0n) is 8.83. The number of carbonyl (C=O) groups is 2. The van der Waals surface area contributed by atoms with Crippen molar-refractivity contribution >= 4 is 11.8 Å². The van der Waals surface area contributed by atoms with Crippen LogP contribution in [0, 0.1) is 5.41 Å². The fraction of sp³-hybridized carbons (Fsp3) is 0.667. The molecule has 3 nitrogen and oxygen atoms in total. The topological polar surface area (TPSA) is 43.4 Å². The van der Waals surface area contributed by atoms with Gasteiger partial charge in [-0.05, 0) is 25.7 Å². The Kier molecular flexibility index (Phi) is 2.89. The summed E-state index contributed by atoms with van der Waals surface area (Å²) in [5, 5.41) is 0. The molecule has 1 fully saturated rings. The van der Waals surface area contributed by atoms with Gasteiger partial charge in [-0.3, -0.25) is 9.59 Å². The van der Waals surface area contributed by atoms with E-state index in [1.165, 1.54) is 0 Å². The Morgan fingerprint density at radius 3 is 2.87 bits per heavy atom. The first-order valence-corrected chi connectivity index (χ1v) is 5.61. The minimum atomic E-state index is -0.838. The van der Waals surface area contributed by atoms with Gasteiger partial charge in [-0.15, -0.1) is 0 Å². The van der Waals surface area contributed by atoms with Crippen LogP contribution in [0.5, 0.6) is 0 Å². The van der Waals surface area contributed by atoms with E-state index in [1.54, 1.807) is 0 Å². The highest BCUT2D eigenvalue weighted by Crippen LogP contribution is 2.38. The molecule has 0 unspecified atom stereocenters. The lowest BCUT2D eigenvalue weighted by atomic mass is 9.70. The van der Waals surface area contributed by atoms with Crippen molar-refractivity contribution in [3.05, 3.63) is 12.2 Å². The Bertz CT molecular complexity index is 306. The van der Waals surface area contributed by atoms with E-state index in [2.05, 4.69) is 0 Å². The average molecular weight is 208 g/mol. The molecule has 1 heterocycles. The zero-order valence-corrected chi connectivity index (χ0v) is 8.83. The summed E-state index contributed by atoms with van der Waals surface area (Å²) in [6, 6.07) is 0. The first-order chi connectivity index (χ1) is 7.26. The van der Waals surface area contributed by atoms with Gasteiger partial charge in [0.25, 0.3) is 0 Å². The SMILES string of the molecule is O=C1CCCC[C@@]12C/C=C\CCOC2=O. The molecule has 15 heavy (non-hydrogen) atoms. The standard InChI is InChI=1S/C12H16O3/c13-10-6-2-4-8-12(10)7-3-1-5-9-15-11(12)14/h1,3H,2,4-9H2/b3-1-/t12-/m0/s1. The third kappa shape index (κ3) is 1.83. The highest BCUT2D eigenvalue weighted by atomic mass is 16.5. The Morgan fingerprint density at radius 2 is 2.07 bits per heavy atom. The minimum absolute atomic E-state index is 0.0744. The van der Waals surface area contributed by atoms with Crippen molar-refractivity contribution in [2.75, 3.05) is 6.61 Å². The highest BCUT2D eigenvalue weighted by Gasteiger charge is 2.47. The molecule has 0 aromatic heterocycles. The first-order valence-electron chi connectivity index (χ1n) is 5.61. The molecule has 0 N–H and O–H groups in total. The monoisotopic (exact) mass is 208 g/mol. The molecule has 2 aliphatic rings. The number of ketones is 1. The van der Waals surface area contributed by atoms with Crippen LogP contribution in [0.25, 0.3) is 0 Å². The van der Waals surface area contributed by atoms with E-state index in [4.69, 9.17) is 4.74 Å². The molecule has 1 aliphatic carbocycles. The second kappa shape index (κ2) is 4.17. The van der Waals surface area contributed by atoms with Crippen LogP contribution in [0.3, 0.4) is 0 Å². The van der Waals surface area contributed by atoms with Gasteiger partial charge in [0.15, 0.2) is 0 Å². The van der Waals surface area contributed by atoms with Crippen molar-refractivity contribution in [2.24, 2.45) is 5.41 Å². The van der Waals surface area contributed by atoms with E-state index in [9.17, 15) is 9.59 Å². The van der Waals surface area contributed by atoms with Crippen LogP contribution in [-0.2, 0) is 14.3 Å². The lowest BCUT2D eigenvalue weighted by Crippen LogP contribution is -2.43. The van der Waals surface area contributed by atoms with Gasteiger partial charge in [0.2, 0.25) is 0 Å². The summed E-state index contributed by atoms with van der Waals surface area (Å²) < 4.78 is 5.14. The van der Waals surface area contributed by atoms with Crippen molar-refractivity contribution in [1.29, 1.82) is 0 Å². The molecule has 82 valence electrons. The third-order valence-corrected chi connectivity index (χ3v) is 3.33.